The fourth-order valence-electron chi connectivity index (χ4n) is 1.69. The molecule has 2 aromatic rings. The summed E-state index contributed by atoms with van der Waals surface area (Å²) in [5.74, 6) is 0.298. The first-order chi connectivity index (χ1) is 10.9. The molecule has 0 aliphatic rings. The van der Waals surface area contributed by atoms with Crippen LogP contribution in [0.1, 0.15) is 0 Å². The smallest absolute Gasteiger partial charge is 0.422 e. The SMILES string of the molecule is Fc1ccc(OCCOc2ccccc2OCC(F)(F)F)cc1. The van der Waals surface area contributed by atoms with Crippen LogP contribution < -0.4 is 14.2 Å². The number of hydrogen-bond donors (Lipinski definition) is 0. The molecule has 0 saturated heterocycles. The van der Waals surface area contributed by atoms with Crippen LogP contribution in [0.4, 0.5) is 17.6 Å². The third-order valence-corrected chi connectivity index (χ3v) is 2.66. The van der Waals surface area contributed by atoms with Gasteiger partial charge in [-0.1, -0.05) is 12.1 Å². The Morgan fingerprint density at radius 2 is 1.30 bits per heavy atom. The van der Waals surface area contributed by atoms with Gasteiger partial charge in [-0.3, -0.25) is 0 Å². The van der Waals surface area contributed by atoms with E-state index in [-0.39, 0.29) is 30.5 Å². The zero-order valence-corrected chi connectivity index (χ0v) is 12.0. The molecule has 0 aromatic heterocycles. The van der Waals surface area contributed by atoms with Gasteiger partial charge < -0.3 is 14.2 Å². The van der Waals surface area contributed by atoms with Gasteiger partial charge in [0.25, 0.3) is 0 Å². The van der Waals surface area contributed by atoms with Crippen molar-refractivity contribution in [2.24, 2.45) is 0 Å². The Kier molecular flexibility index (Phi) is 5.67. The molecule has 0 N–H and O–H groups in total. The maximum atomic E-state index is 12.7. The van der Waals surface area contributed by atoms with Crippen LogP contribution in [0.5, 0.6) is 17.2 Å². The maximum Gasteiger partial charge on any atom is 0.422 e. The predicted octanol–water partition coefficient (Wildman–Crippen LogP) is 4.22. The quantitative estimate of drug-likeness (QED) is 0.562. The van der Waals surface area contributed by atoms with E-state index in [1.165, 1.54) is 36.4 Å². The highest BCUT2D eigenvalue weighted by Crippen LogP contribution is 2.28. The number of halogens is 4. The summed E-state index contributed by atoms with van der Waals surface area (Å²) in [6, 6.07) is 11.5. The van der Waals surface area contributed by atoms with Gasteiger partial charge in [-0.2, -0.15) is 13.2 Å². The Balaban J connectivity index is 1.82. The molecule has 0 saturated carbocycles. The summed E-state index contributed by atoms with van der Waals surface area (Å²) in [5.41, 5.74) is 0. The molecule has 0 bridgehead atoms. The van der Waals surface area contributed by atoms with Crippen molar-refractivity contribution in [2.45, 2.75) is 6.18 Å². The predicted molar refractivity (Wildman–Crippen MR) is 75.4 cm³/mol. The Morgan fingerprint density at radius 1 is 0.739 bits per heavy atom. The van der Waals surface area contributed by atoms with Crippen LogP contribution in [0.2, 0.25) is 0 Å². The zero-order chi connectivity index (χ0) is 16.7. The molecule has 0 fully saturated rings. The van der Waals surface area contributed by atoms with Crippen LogP contribution in [0.15, 0.2) is 48.5 Å². The second-order valence-electron chi connectivity index (χ2n) is 4.50. The minimum Gasteiger partial charge on any atom is -0.490 e. The highest BCUT2D eigenvalue weighted by molar-refractivity contribution is 5.39. The lowest BCUT2D eigenvalue weighted by atomic mass is 10.3. The first-order valence-corrected chi connectivity index (χ1v) is 6.74. The molecule has 0 heterocycles. The fraction of sp³-hybridized carbons (Fsp3) is 0.250. The van der Waals surface area contributed by atoms with E-state index in [2.05, 4.69) is 0 Å². The molecule has 2 rings (SSSR count). The van der Waals surface area contributed by atoms with E-state index in [9.17, 15) is 17.6 Å². The summed E-state index contributed by atoms with van der Waals surface area (Å²) in [7, 11) is 0. The number of ether oxygens (including phenoxy) is 3. The van der Waals surface area contributed by atoms with E-state index in [0.29, 0.717) is 5.75 Å². The minimum atomic E-state index is -4.42. The van der Waals surface area contributed by atoms with Crippen LogP contribution in [0.25, 0.3) is 0 Å². The first-order valence-electron chi connectivity index (χ1n) is 6.74. The second kappa shape index (κ2) is 7.71. The summed E-state index contributed by atoms with van der Waals surface area (Å²) < 4.78 is 64.7. The average molecular weight is 330 g/mol. The lowest BCUT2D eigenvalue weighted by molar-refractivity contribution is -0.153. The minimum absolute atomic E-state index is 0.00612. The van der Waals surface area contributed by atoms with Crippen molar-refractivity contribution < 1.29 is 31.8 Å². The normalized spacial score (nSPS) is 11.1. The van der Waals surface area contributed by atoms with E-state index in [4.69, 9.17) is 14.2 Å². The van der Waals surface area contributed by atoms with Gasteiger partial charge in [0.1, 0.15) is 24.8 Å². The molecule has 0 atom stereocenters. The molecule has 124 valence electrons. The number of alkyl halides is 3. The molecule has 0 aliphatic carbocycles. The zero-order valence-electron chi connectivity index (χ0n) is 12.0. The number of rotatable bonds is 7. The maximum absolute atomic E-state index is 12.7. The Hall–Kier alpha value is -2.44. The molecule has 7 heteroatoms. The van der Waals surface area contributed by atoms with Crippen LogP contribution in [-0.2, 0) is 0 Å². The van der Waals surface area contributed by atoms with Gasteiger partial charge >= 0.3 is 6.18 Å². The molecule has 0 unspecified atom stereocenters. The third-order valence-electron chi connectivity index (χ3n) is 2.66. The Bertz CT molecular complexity index is 611. The summed E-state index contributed by atoms with van der Waals surface area (Å²) in [5, 5.41) is 0. The van der Waals surface area contributed by atoms with E-state index >= 15 is 0 Å². The second-order valence-corrected chi connectivity index (χ2v) is 4.50. The van der Waals surface area contributed by atoms with Crippen molar-refractivity contribution in [3.8, 4) is 17.2 Å². The van der Waals surface area contributed by atoms with Crippen LogP contribution in [0, 0.1) is 5.82 Å². The van der Waals surface area contributed by atoms with Crippen LogP contribution >= 0.6 is 0 Å². The van der Waals surface area contributed by atoms with Gasteiger partial charge in [0.05, 0.1) is 0 Å². The molecular formula is C16H14F4O3. The van der Waals surface area contributed by atoms with Crippen LogP contribution in [0.3, 0.4) is 0 Å². The molecule has 2 aromatic carbocycles. The molecular weight excluding hydrogens is 316 g/mol. The monoisotopic (exact) mass is 330 g/mol. The Labute approximate surface area is 130 Å². The van der Waals surface area contributed by atoms with Crippen molar-refractivity contribution in [2.75, 3.05) is 19.8 Å². The molecule has 3 nitrogen and oxygen atoms in total. The molecule has 0 spiro atoms. The largest absolute Gasteiger partial charge is 0.490 e. The summed E-state index contributed by atoms with van der Waals surface area (Å²) in [6.45, 7) is -1.14. The highest BCUT2D eigenvalue weighted by atomic mass is 19.4. The lowest BCUT2D eigenvalue weighted by Crippen LogP contribution is -2.19. The van der Waals surface area contributed by atoms with Gasteiger partial charge in [0, 0.05) is 0 Å². The van der Waals surface area contributed by atoms with Gasteiger partial charge in [0.15, 0.2) is 18.1 Å². The summed E-state index contributed by atoms with van der Waals surface area (Å²) in [4.78, 5) is 0. The topological polar surface area (TPSA) is 27.7 Å². The van der Waals surface area contributed by atoms with E-state index < -0.39 is 12.8 Å². The van der Waals surface area contributed by atoms with E-state index in [0.717, 1.165) is 0 Å². The van der Waals surface area contributed by atoms with Gasteiger partial charge in [0.2, 0.25) is 0 Å². The van der Waals surface area contributed by atoms with E-state index in [1.54, 1.807) is 12.1 Å². The van der Waals surface area contributed by atoms with E-state index in [1.807, 2.05) is 0 Å². The standard InChI is InChI=1S/C16H14F4O3/c17-12-5-7-13(8-6-12)21-9-10-22-14-3-1-2-4-15(14)23-11-16(18,19)20/h1-8H,9-11H2. The van der Waals surface area contributed by atoms with Gasteiger partial charge in [-0.05, 0) is 36.4 Å². The number of hydrogen-bond acceptors (Lipinski definition) is 3. The number of benzene rings is 2. The summed E-state index contributed by atoms with van der Waals surface area (Å²) >= 11 is 0. The highest BCUT2D eigenvalue weighted by Gasteiger charge is 2.28. The van der Waals surface area contributed by atoms with Gasteiger partial charge in [-0.15, -0.1) is 0 Å². The fourth-order valence-corrected chi connectivity index (χ4v) is 1.69. The lowest BCUT2D eigenvalue weighted by Gasteiger charge is -2.14. The summed E-state index contributed by atoms with van der Waals surface area (Å²) in [6.07, 6.45) is -4.42. The molecule has 0 aliphatic heterocycles. The molecule has 23 heavy (non-hydrogen) atoms. The Morgan fingerprint density at radius 3 is 1.91 bits per heavy atom. The number of para-hydroxylation sites is 2. The van der Waals surface area contributed by atoms with Crippen molar-refractivity contribution >= 4 is 0 Å². The van der Waals surface area contributed by atoms with Crippen molar-refractivity contribution in [1.82, 2.24) is 0 Å². The third kappa shape index (κ3) is 6.06. The van der Waals surface area contributed by atoms with Crippen LogP contribution in [-0.4, -0.2) is 26.0 Å². The average Bonchev–Trinajstić information content (AvgIpc) is 2.51. The van der Waals surface area contributed by atoms with Crippen molar-refractivity contribution in [1.29, 1.82) is 0 Å². The van der Waals surface area contributed by atoms with Crippen molar-refractivity contribution in [3.05, 3.63) is 54.3 Å². The van der Waals surface area contributed by atoms with Crippen molar-refractivity contribution in [3.63, 3.8) is 0 Å². The first kappa shape index (κ1) is 16.9. The van der Waals surface area contributed by atoms with Gasteiger partial charge in [-0.25, -0.2) is 4.39 Å². The molecule has 0 radical (unpaired) electrons. The molecule has 0 amide bonds.